The van der Waals surface area contributed by atoms with Crippen molar-refractivity contribution in [3.63, 3.8) is 0 Å². The third kappa shape index (κ3) is 3.71. The van der Waals surface area contributed by atoms with Crippen molar-refractivity contribution >= 4 is 15.7 Å². The largest absolute Gasteiger partial charge is 0.382 e. The minimum absolute atomic E-state index is 0.305. The van der Waals surface area contributed by atoms with E-state index in [1.807, 2.05) is 6.92 Å². The average Bonchev–Trinajstić information content (AvgIpc) is 2.40. The van der Waals surface area contributed by atoms with Gasteiger partial charge in [-0.1, -0.05) is 6.92 Å². The predicted octanol–water partition coefficient (Wildman–Crippen LogP) is 1.96. The van der Waals surface area contributed by atoms with Gasteiger partial charge in [0.25, 0.3) is 0 Å². The Morgan fingerprint density at radius 3 is 2.45 bits per heavy atom. The van der Waals surface area contributed by atoms with Crippen LogP contribution in [0.5, 0.6) is 0 Å². The molecule has 0 radical (unpaired) electrons. The normalized spacial score (nSPS) is 22.3. The average molecular weight is 298 g/mol. The molecule has 1 saturated carbocycles. The van der Waals surface area contributed by atoms with Gasteiger partial charge in [0.2, 0.25) is 10.0 Å². The highest BCUT2D eigenvalue weighted by molar-refractivity contribution is 7.89. The maximum Gasteiger partial charge on any atom is 0.240 e. The SMILES string of the molecule is CCCNS(=O)(=O)c1ccc(NC2CC(OC)C2)cc1. The molecule has 0 aliphatic heterocycles. The predicted molar refractivity (Wildman–Crippen MR) is 79.4 cm³/mol. The van der Waals surface area contributed by atoms with Crippen LogP contribution in [0.1, 0.15) is 26.2 Å². The van der Waals surface area contributed by atoms with Crippen LogP contribution in [-0.2, 0) is 14.8 Å². The van der Waals surface area contributed by atoms with Gasteiger partial charge in [-0.05, 0) is 43.5 Å². The zero-order chi connectivity index (χ0) is 14.6. The summed E-state index contributed by atoms with van der Waals surface area (Å²) in [5.74, 6) is 0. The van der Waals surface area contributed by atoms with Crippen molar-refractivity contribution in [3.8, 4) is 0 Å². The molecule has 0 amide bonds. The van der Waals surface area contributed by atoms with Crippen LogP contribution in [0.15, 0.2) is 29.2 Å². The molecule has 1 fully saturated rings. The first kappa shape index (κ1) is 15.3. The van der Waals surface area contributed by atoms with Crippen molar-refractivity contribution < 1.29 is 13.2 Å². The lowest BCUT2D eigenvalue weighted by Gasteiger charge is -2.35. The van der Waals surface area contributed by atoms with Crippen molar-refractivity contribution in [1.29, 1.82) is 0 Å². The van der Waals surface area contributed by atoms with Gasteiger partial charge in [-0.2, -0.15) is 0 Å². The quantitative estimate of drug-likeness (QED) is 0.807. The van der Waals surface area contributed by atoms with Crippen molar-refractivity contribution in [2.75, 3.05) is 19.0 Å². The third-order valence-electron chi connectivity index (χ3n) is 3.51. The van der Waals surface area contributed by atoms with E-state index in [1.165, 1.54) is 0 Å². The molecule has 0 bridgehead atoms. The maximum absolute atomic E-state index is 11.9. The van der Waals surface area contributed by atoms with Crippen molar-refractivity contribution in [3.05, 3.63) is 24.3 Å². The molecule has 5 nitrogen and oxygen atoms in total. The van der Waals surface area contributed by atoms with E-state index in [0.29, 0.717) is 23.6 Å². The topological polar surface area (TPSA) is 67.4 Å². The first-order chi connectivity index (χ1) is 9.55. The molecule has 112 valence electrons. The van der Waals surface area contributed by atoms with E-state index in [2.05, 4.69) is 10.0 Å². The first-order valence-electron chi connectivity index (χ1n) is 6.94. The second kappa shape index (κ2) is 6.56. The van der Waals surface area contributed by atoms with Crippen molar-refractivity contribution in [2.24, 2.45) is 0 Å². The molecule has 2 rings (SSSR count). The lowest BCUT2D eigenvalue weighted by molar-refractivity contribution is 0.0329. The summed E-state index contributed by atoms with van der Waals surface area (Å²) in [4.78, 5) is 0.305. The van der Waals surface area contributed by atoms with Crippen LogP contribution in [0.25, 0.3) is 0 Å². The molecule has 1 aliphatic rings. The lowest BCUT2D eigenvalue weighted by Crippen LogP contribution is -2.40. The van der Waals surface area contributed by atoms with E-state index in [0.717, 1.165) is 24.9 Å². The molecule has 0 spiro atoms. The van der Waals surface area contributed by atoms with Gasteiger partial charge in [0, 0.05) is 25.4 Å². The molecule has 1 aromatic rings. The number of ether oxygens (including phenoxy) is 1. The molecule has 1 aliphatic carbocycles. The van der Waals surface area contributed by atoms with Crippen LogP contribution >= 0.6 is 0 Å². The second-order valence-corrected chi connectivity index (χ2v) is 6.86. The Bertz CT molecular complexity index is 522. The molecule has 2 N–H and O–H groups in total. The molecule has 0 atom stereocenters. The van der Waals surface area contributed by atoms with Crippen LogP contribution in [0.3, 0.4) is 0 Å². The second-order valence-electron chi connectivity index (χ2n) is 5.09. The highest BCUT2D eigenvalue weighted by Crippen LogP contribution is 2.26. The van der Waals surface area contributed by atoms with Crippen molar-refractivity contribution in [2.45, 2.75) is 43.2 Å². The molecule has 0 unspecified atom stereocenters. The summed E-state index contributed by atoms with van der Waals surface area (Å²) in [6, 6.07) is 7.29. The first-order valence-corrected chi connectivity index (χ1v) is 8.42. The van der Waals surface area contributed by atoms with Gasteiger partial charge in [0.15, 0.2) is 0 Å². The van der Waals surface area contributed by atoms with Crippen LogP contribution in [0.2, 0.25) is 0 Å². The fourth-order valence-corrected chi connectivity index (χ4v) is 3.30. The summed E-state index contributed by atoms with van der Waals surface area (Å²) in [6.45, 7) is 2.39. The van der Waals surface area contributed by atoms with Gasteiger partial charge in [-0.25, -0.2) is 13.1 Å². The Balaban J connectivity index is 1.93. The van der Waals surface area contributed by atoms with Gasteiger partial charge >= 0.3 is 0 Å². The van der Waals surface area contributed by atoms with Gasteiger partial charge in [-0.15, -0.1) is 0 Å². The summed E-state index contributed by atoms with van der Waals surface area (Å²) >= 11 is 0. The molecule has 20 heavy (non-hydrogen) atoms. The fourth-order valence-electron chi connectivity index (χ4n) is 2.16. The molecular weight excluding hydrogens is 276 g/mol. The number of rotatable bonds is 7. The number of sulfonamides is 1. The van der Waals surface area contributed by atoms with Crippen LogP contribution in [0, 0.1) is 0 Å². The molecule has 0 saturated heterocycles. The van der Waals surface area contributed by atoms with Gasteiger partial charge < -0.3 is 10.1 Å². The number of hydrogen-bond acceptors (Lipinski definition) is 4. The van der Waals surface area contributed by atoms with Crippen LogP contribution < -0.4 is 10.0 Å². The van der Waals surface area contributed by atoms with E-state index in [-0.39, 0.29) is 0 Å². The minimum Gasteiger partial charge on any atom is -0.382 e. The Kier molecular flexibility index (Phi) is 5.01. The molecule has 0 aromatic heterocycles. The summed E-state index contributed by atoms with van der Waals surface area (Å²) in [6.07, 6.45) is 3.12. The van der Waals surface area contributed by atoms with E-state index in [4.69, 9.17) is 4.74 Å². The van der Waals surface area contributed by atoms with Crippen LogP contribution in [-0.4, -0.2) is 34.2 Å². The smallest absolute Gasteiger partial charge is 0.240 e. The highest BCUT2D eigenvalue weighted by atomic mass is 32.2. The Morgan fingerprint density at radius 2 is 1.90 bits per heavy atom. The maximum atomic E-state index is 11.9. The summed E-state index contributed by atoms with van der Waals surface area (Å²) < 4.78 is 31.6. The summed E-state index contributed by atoms with van der Waals surface area (Å²) in [7, 11) is -1.64. The monoisotopic (exact) mass is 298 g/mol. The van der Waals surface area contributed by atoms with E-state index in [9.17, 15) is 8.42 Å². The lowest BCUT2D eigenvalue weighted by atomic mass is 9.89. The Morgan fingerprint density at radius 1 is 1.25 bits per heavy atom. The van der Waals surface area contributed by atoms with Crippen LogP contribution in [0.4, 0.5) is 5.69 Å². The molecule has 6 heteroatoms. The fraction of sp³-hybridized carbons (Fsp3) is 0.571. The number of hydrogen-bond donors (Lipinski definition) is 2. The van der Waals surface area contributed by atoms with E-state index in [1.54, 1.807) is 31.4 Å². The number of methoxy groups -OCH3 is 1. The van der Waals surface area contributed by atoms with Gasteiger partial charge in [-0.3, -0.25) is 0 Å². The Labute approximate surface area is 120 Å². The number of benzene rings is 1. The highest BCUT2D eigenvalue weighted by Gasteiger charge is 2.28. The molecule has 1 aromatic carbocycles. The van der Waals surface area contributed by atoms with Gasteiger partial charge in [0.05, 0.1) is 11.0 Å². The zero-order valence-corrected chi connectivity index (χ0v) is 12.7. The summed E-state index contributed by atoms with van der Waals surface area (Å²) in [5, 5.41) is 3.37. The van der Waals surface area contributed by atoms with Crippen molar-refractivity contribution in [1.82, 2.24) is 4.72 Å². The summed E-state index contributed by atoms with van der Waals surface area (Å²) in [5.41, 5.74) is 0.944. The standard InChI is InChI=1S/C14H22N2O3S/c1-3-8-15-20(17,18)14-6-4-11(5-7-14)16-12-9-13(10-12)19-2/h4-7,12-13,15-16H,3,8-10H2,1-2H3. The van der Waals surface area contributed by atoms with Gasteiger partial charge in [0.1, 0.15) is 0 Å². The molecule has 0 heterocycles. The number of nitrogens with one attached hydrogen (secondary N) is 2. The zero-order valence-electron chi connectivity index (χ0n) is 11.9. The van der Waals surface area contributed by atoms with E-state index >= 15 is 0 Å². The third-order valence-corrected chi connectivity index (χ3v) is 4.98. The number of anilines is 1. The molecular formula is C14H22N2O3S. The van der Waals surface area contributed by atoms with E-state index < -0.39 is 10.0 Å². The Hall–Kier alpha value is -1.11. The minimum atomic E-state index is -3.37.